The highest BCUT2D eigenvalue weighted by Gasteiger charge is 2.03. The average Bonchev–Trinajstić information content (AvgIpc) is 2.36. The number of hydrogen-bond donors (Lipinski definition) is 2. The lowest BCUT2D eigenvalue weighted by Crippen LogP contribution is -2.00. The van der Waals surface area contributed by atoms with Crippen molar-refractivity contribution < 1.29 is 37.8 Å². The van der Waals surface area contributed by atoms with Gasteiger partial charge in [-0.1, -0.05) is 13.8 Å². The van der Waals surface area contributed by atoms with Crippen LogP contribution in [0.5, 0.6) is 0 Å². The summed E-state index contributed by atoms with van der Waals surface area (Å²) in [6.45, 7) is 3.31. The molecule has 0 aliphatic rings. The monoisotopic (exact) mass is 294 g/mol. The molecule has 0 saturated carbocycles. The Bertz CT molecular complexity index is 317. The van der Waals surface area contributed by atoms with E-state index in [0.717, 1.165) is 0 Å². The number of aliphatic carboxylic acids is 2. The zero-order chi connectivity index (χ0) is 15.3. The Morgan fingerprint density at radius 3 is 1.42 bits per heavy atom. The van der Waals surface area contributed by atoms with Crippen molar-refractivity contribution in [2.75, 3.05) is 0 Å². The molecule has 0 saturated heterocycles. The fourth-order valence-electron chi connectivity index (χ4n) is 0.353. The quantitative estimate of drug-likeness (QED) is 0.548. The Morgan fingerprint density at radius 1 is 0.895 bits per heavy atom. The highest BCUT2D eigenvalue weighted by molar-refractivity contribution is 7.90. The van der Waals surface area contributed by atoms with Crippen molar-refractivity contribution in [1.29, 1.82) is 0 Å². The maximum Gasteiger partial charge on any atom is 0.328 e. The molecule has 0 rings (SSSR count). The molecule has 0 aliphatic carbocycles. The molecule has 0 aromatic rings. The Kier molecular flexibility index (Phi) is 12.6. The van der Waals surface area contributed by atoms with Gasteiger partial charge in [0.1, 0.15) is 0 Å². The van der Waals surface area contributed by atoms with Crippen molar-refractivity contribution in [2.24, 2.45) is 0 Å². The van der Waals surface area contributed by atoms with E-state index in [0.29, 0.717) is 24.5 Å². The topological polar surface area (TPSA) is 127 Å². The van der Waals surface area contributed by atoms with Crippen LogP contribution in [0.25, 0.3) is 0 Å². The summed E-state index contributed by atoms with van der Waals surface area (Å²) in [6, 6.07) is 0. The molecule has 0 unspecified atom stereocenters. The molecule has 0 radical (unpaired) electrons. The molecule has 0 bridgehead atoms. The van der Waals surface area contributed by atoms with Gasteiger partial charge < -0.3 is 18.6 Å². The highest BCUT2D eigenvalue weighted by Crippen LogP contribution is 2.07. The van der Waals surface area contributed by atoms with Crippen molar-refractivity contribution >= 4 is 36.2 Å². The maximum atomic E-state index is 10.4. The molecule has 8 nitrogen and oxygen atoms in total. The summed E-state index contributed by atoms with van der Waals surface area (Å²) in [5.41, 5.74) is 0. The number of carbonyl (C=O) groups is 4. The summed E-state index contributed by atoms with van der Waals surface area (Å²) >= 11 is 0.420. The van der Waals surface area contributed by atoms with Crippen LogP contribution < -0.4 is 0 Å². The summed E-state index contributed by atoms with van der Waals surface area (Å²) < 4.78 is 8.80. The molecule has 0 aromatic carbocycles. The molecule has 0 atom stereocenters. The molecule has 2 N–H and O–H groups in total. The van der Waals surface area contributed by atoms with Crippen LogP contribution in [0.3, 0.4) is 0 Å². The van der Waals surface area contributed by atoms with E-state index in [2.05, 4.69) is 8.37 Å². The van der Waals surface area contributed by atoms with Gasteiger partial charge in [-0.3, -0.25) is 9.59 Å². The second-order valence-corrected chi connectivity index (χ2v) is 3.17. The Labute approximate surface area is 113 Å². The van der Waals surface area contributed by atoms with Crippen molar-refractivity contribution in [3.8, 4) is 0 Å². The van der Waals surface area contributed by atoms with Gasteiger partial charge >= 0.3 is 23.9 Å². The average molecular weight is 294 g/mol. The number of carboxylic acid groups (broad SMARTS) is 2. The number of rotatable bonds is 6. The van der Waals surface area contributed by atoms with Gasteiger partial charge in [-0.25, -0.2) is 9.59 Å². The van der Waals surface area contributed by atoms with Gasteiger partial charge in [0.25, 0.3) is 12.3 Å². The van der Waals surface area contributed by atoms with Crippen molar-refractivity contribution in [3.05, 3.63) is 12.2 Å². The van der Waals surface area contributed by atoms with E-state index in [9.17, 15) is 19.2 Å². The Balaban J connectivity index is 0. The van der Waals surface area contributed by atoms with E-state index in [1.807, 2.05) is 0 Å². The third kappa shape index (κ3) is 18.5. The molecule has 0 heterocycles. The first-order chi connectivity index (χ1) is 8.83. The van der Waals surface area contributed by atoms with Crippen LogP contribution in [-0.4, -0.2) is 34.1 Å². The lowest BCUT2D eigenvalue weighted by Gasteiger charge is -1.98. The van der Waals surface area contributed by atoms with Crippen LogP contribution in [0.4, 0.5) is 0 Å². The second-order valence-electron chi connectivity index (χ2n) is 2.70. The molecular formula is C10H14O8S. The summed E-state index contributed by atoms with van der Waals surface area (Å²) in [6.07, 6.45) is 1.66. The first-order valence-electron chi connectivity index (χ1n) is 5.04. The summed E-state index contributed by atoms with van der Waals surface area (Å²) in [5, 5.41) is 15.6. The highest BCUT2D eigenvalue weighted by atomic mass is 32.2. The molecule has 19 heavy (non-hydrogen) atoms. The molecule has 0 amide bonds. The first-order valence-corrected chi connectivity index (χ1v) is 5.70. The molecule has 108 valence electrons. The molecule has 0 aromatic heterocycles. The maximum absolute atomic E-state index is 10.4. The fraction of sp³-hybridized carbons (Fsp3) is 0.400. The van der Waals surface area contributed by atoms with Crippen LogP contribution in [0.2, 0.25) is 0 Å². The predicted octanol–water partition coefficient (Wildman–Crippen LogP) is 1.17. The fourth-order valence-corrected chi connectivity index (χ4v) is 0.775. The van der Waals surface area contributed by atoms with E-state index < -0.39 is 23.9 Å². The van der Waals surface area contributed by atoms with Crippen molar-refractivity contribution in [1.82, 2.24) is 0 Å². The van der Waals surface area contributed by atoms with Crippen LogP contribution in [-0.2, 0) is 27.5 Å². The van der Waals surface area contributed by atoms with Crippen molar-refractivity contribution in [3.63, 3.8) is 0 Å². The zero-order valence-electron chi connectivity index (χ0n) is 10.3. The summed E-state index contributed by atoms with van der Waals surface area (Å²) in [5.74, 6) is -3.32. The van der Waals surface area contributed by atoms with E-state index in [-0.39, 0.29) is 12.8 Å². The van der Waals surface area contributed by atoms with Crippen LogP contribution in [0, 0.1) is 0 Å². The standard InChI is InChI=1S/C6H10O4S.C4H4O4/c1-3-5(7)9-11-10-6(8)4-2;5-3(6)1-2-4(7)8/h3-4H2,1-2H3;1-2H,(H,5,6)(H,7,8)/b;2-1-. The van der Waals surface area contributed by atoms with Gasteiger partial charge in [0, 0.05) is 25.0 Å². The van der Waals surface area contributed by atoms with E-state index in [4.69, 9.17) is 10.2 Å². The predicted molar refractivity (Wildman–Crippen MR) is 64.8 cm³/mol. The lowest BCUT2D eigenvalue weighted by molar-refractivity contribution is -0.136. The lowest BCUT2D eigenvalue weighted by atomic mass is 10.5. The molecular weight excluding hydrogens is 280 g/mol. The van der Waals surface area contributed by atoms with E-state index in [1.54, 1.807) is 13.8 Å². The summed E-state index contributed by atoms with van der Waals surface area (Å²) in [7, 11) is 0. The molecule has 0 spiro atoms. The number of carboxylic acids is 2. The zero-order valence-corrected chi connectivity index (χ0v) is 11.1. The largest absolute Gasteiger partial charge is 0.478 e. The molecule has 0 aliphatic heterocycles. The minimum Gasteiger partial charge on any atom is -0.478 e. The van der Waals surface area contributed by atoms with Gasteiger partial charge in [0.05, 0.1) is 0 Å². The third-order valence-corrected chi connectivity index (χ3v) is 1.71. The van der Waals surface area contributed by atoms with Gasteiger partial charge in [-0.05, 0) is 0 Å². The minimum atomic E-state index is -1.26. The van der Waals surface area contributed by atoms with Gasteiger partial charge in [0.15, 0.2) is 0 Å². The van der Waals surface area contributed by atoms with E-state index in [1.165, 1.54) is 0 Å². The number of carbonyl (C=O) groups excluding carboxylic acids is 2. The van der Waals surface area contributed by atoms with Gasteiger partial charge in [-0.2, -0.15) is 0 Å². The molecule has 0 fully saturated rings. The van der Waals surface area contributed by atoms with Crippen LogP contribution in [0.15, 0.2) is 12.2 Å². The Morgan fingerprint density at radius 2 is 1.21 bits per heavy atom. The van der Waals surface area contributed by atoms with E-state index >= 15 is 0 Å². The van der Waals surface area contributed by atoms with Crippen molar-refractivity contribution in [2.45, 2.75) is 26.7 Å². The van der Waals surface area contributed by atoms with Gasteiger partial charge in [0.2, 0.25) is 0 Å². The third-order valence-electron chi connectivity index (χ3n) is 1.20. The number of hydrogen-bond acceptors (Lipinski definition) is 7. The first kappa shape index (κ1) is 19.3. The minimum absolute atomic E-state index is 0.274. The smallest absolute Gasteiger partial charge is 0.328 e. The normalized spacial score (nSPS) is 9.16. The Hall–Kier alpha value is -2.03. The van der Waals surface area contributed by atoms with Crippen LogP contribution in [0.1, 0.15) is 26.7 Å². The van der Waals surface area contributed by atoms with Gasteiger partial charge in [-0.15, -0.1) is 0 Å². The summed E-state index contributed by atoms with van der Waals surface area (Å²) in [4.78, 5) is 40.0. The molecule has 9 heteroatoms. The second kappa shape index (κ2) is 12.4. The van der Waals surface area contributed by atoms with Crippen LogP contribution >= 0.6 is 12.3 Å². The SMILES string of the molecule is CCC(=O)OSOC(=O)CC.O=C(O)/C=C\C(=O)O.